The molecule has 0 spiro atoms. The lowest BCUT2D eigenvalue weighted by atomic mass is 9.80. The first kappa shape index (κ1) is 15.4. The second kappa shape index (κ2) is 6.17. The summed E-state index contributed by atoms with van der Waals surface area (Å²) in [6.45, 7) is 2.40. The van der Waals surface area contributed by atoms with Gasteiger partial charge in [-0.15, -0.1) is 0 Å². The predicted molar refractivity (Wildman–Crippen MR) is 74.6 cm³/mol. The second-order valence-corrected chi connectivity index (χ2v) is 5.81. The van der Waals surface area contributed by atoms with Crippen LogP contribution in [0, 0.1) is 12.8 Å². The van der Waals surface area contributed by atoms with Gasteiger partial charge in [0.25, 0.3) is 0 Å². The summed E-state index contributed by atoms with van der Waals surface area (Å²) in [5.74, 6) is 0.706. The summed E-state index contributed by atoms with van der Waals surface area (Å²) in [5, 5.41) is 0. The van der Waals surface area contributed by atoms with Gasteiger partial charge in [-0.05, 0) is 61.4 Å². The fourth-order valence-electron chi connectivity index (χ4n) is 3.34. The van der Waals surface area contributed by atoms with E-state index in [1.54, 1.807) is 13.0 Å². The summed E-state index contributed by atoms with van der Waals surface area (Å²) >= 11 is 0. The maximum atomic E-state index is 12.7. The summed E-state index contributed by atoms with van der Waals surface area (Å²) in [6, 6.07) is 4.14. The van der Waals surface area contributed by atoms with Gasteiger partial charge in [-0.2, -0.15) is 13.2 Å². The number of alkyl halides is 3. The third-order valence-electron chi connectivity index (χ3n) is 4.46. The summed E-state index contributed by atoms with van der Waals surface area (Å²) in [5.41, 5.74) is 7.10. The van der Waals surface area contributed by atoms with Gasteiger partial charge >= 0.3 is 6.18 Å². The van der Waals surface area contributed by atoms with Crippen LogP contribution in [0.2, 0.25) is 0 Å². The number of halogens is 3. The number of benzene rings is 1. The normalized spacial score (nSPS) is 24.4. The van der Waals surface area contributed by atoms with Crippen molar-refractivity contribution in [2.75, 3.05) is 6.54 Å². The Labute approximate surface area is 118 Å². The van der Waals surface area contributed by atoms with Crippen molar-refractivity contribution in [1.82, 2.24) is 0 Å². The van der Waals surface area contributed by atoms with Gasteiger partial charge in [0.2, 0.25) is 0 Å². The fourth-order valence-corrected chi connectivity index (χ4v) is 3.34. The van der Waals surface area contributed by atoms with Gasteiger partial charge in [-0.3, -0.25) is 0 Å². The minimum atomic E-state index is -4.26. The van der Waals surface area contributed by atoms with E-state index in [1.165, 1.54) is 25.0 Å². The first-order chi connectivity index (χ1) is 9.43. The third kappa shape index (κ3) is 3.35. The number of rotatable bonds is 2. The molecule has 1 aliphatic carbocycles. The molecule has 0 aliphatic heterocycles. The van der Waals surface area contributed by atoms with Crippen molar-refractivity contribution in [3.05, 3.63) is 34.9 Å². The molecule has 112 valence electrons. The topological polar surface area (TPSA) is 26.0 Å². The average Bonchev–Trinajstić information content (AvgIpc) is 2.62. The van der Waals surface area contributed by atoms with Crippen LogP contribution in [0.5, 0.6) is 0 Å². The highest BCUT2D eigenvalue weighted by Crippen LogP contribution is 2.39. The van der Waals surface area contributed by atoms with Crippen LogP contribution in [0.4, 0.5) is 13.2 Å². The van der Waals surface area contributed by atoms with E-state index >= 15 is 0 Å². The molecular formula is C16H22F3N. The van der Waals surface area contributed by atoms with Crippen LogP contribution in [0.3, 0.4) is 0 Å². The van der Waals surface area contributed by atoms with Crippen molar-refractivity contribution >= 4 is 0 Å². The van der Waals surface area contributed by atoms with Crippen LogP contribution in [-0.4, -0.2) is 6.54 Å². The molecule has 0 bridgehead atoms. The SMILES string of the molecule is Cc1cc(C(F)(F)F)ccc1C1CCCCCC1CN. The Morgan fingerprint density at radius 1 is 1.15 bits per heavy atom. The number of aryl methyl sites for hydroxylation is 1. The molecule has 1 fully saturated rings. The standard InChI is InChI=1S/C16H22F3N/c1-11-9-13(16(17,18)19)7-8-14(11)15-6-4-2-3-5-12(15)10-20/h7-9,12,15H,2-6,10,20H2,1H3. The molecule has 1 aromatic carbocycles. The van der Waals surface area contributed by atoms with Crippen LogP contribution >= 0.6 is 0 Å². The van der Waals surface area contributed by atoms with Crippen LogP contribution in [-0.2, 0) is 6.18 Å². The second-order valence-electron chi connectivity index (χ2n) is 5.81. The lowest BCUT2D eigenvalue weighted by Gasteiger charge is -2.26. The van der Waals surface area contributed by atoms with Crippen LogP contribution in [0.1, 0.15) is 54.7 Å². The molecule has 0 amide bonds. The molecule has 1 nitrogen and oxygen atoms in total. The molecule has 2 rings (SSSR count). The number of hydrogen-bond donors (Lipinski definition) is 1. The molecule has 1 saturated carbocycles. The van der Waals surface area contributed by atoms with E-state index in [2.05, 4.69) is 0 Å². The predicted octanol–water partition coefficient (Wildman–Crippen LogP) is 4.64. The van der Waals surface area contributed by atoms with Crippen molar-refractivity contribution in [3.8, 4) is 0 Å². The van der Waals surface area contributed by atoms with Gasteiger partial charge in [0.05, 0.1) is 5.56 Å². The van der Waals surface area contributed by atoms with Crippen LogP contribution in [0.15, 0.2) is 18.2 Å². The minimum Gasteiger partial charge on any atom is -0.330 e. The summed E-state index contributed by atoms with van der Waals surface area (Å²) in [6.07, 6.45) is 1.38. The molecule has 1 aromatic rings. The zero-order valence-electron chi connectivity index (χ0n) is 11.8. The van der Waals surface area contributed by atoms with E-state index in [1.807, 2.05) is 0 Å². The fraction of sp³-hybridized carbons (Fsp3) is 0.625. The van der Waals surface area contributed by atoms with E-state index in [0.717, 1.165) is 30.4 Å². The zero-order valence-corrected chi connectivity index (χ0v) is 11.8. The van der Waals surface area contributed by atoms with Crippen molar-refractivity contribution < 1.29 is 13.2 Å². The number of hydrogen-bond acceptors (Lipinski definition) is 1. The van der Waals surface area contributed by atoms with Gasteiger partial charge in [0.15, 0.2) is 0 Å². The molecule has 2 N–H and O–H groups in total. The maximum absolute atomic E-state index is 12.7. The Balaban J connectivity index is 2.31. The lowest BCUT2D eigenvalue weighted by Crippen LogP contribution is -2.22. The van der Waals surface area contributed by atoms with E-state index in [-0.39, 0.29) is 0 Å². The molecule has 4 heteroatoms. The Morgan fingerprint density at radius 2 is 1.85 bits per heavy atom. The maximum Gasteiger partial charge on any atom is 0.416 e. The summed E-state index contributed by atoms with van der Waals surface area (Å²) in [7, 11) is 0. The lowest BCUT2D eigenvalue weighted by molar-refractivity contribution is -0.137. The van der Waals surface area contributed by atoms with Crippen molar-refractivity contribution in [3.63, 3.8) is 0 Å². The van der Waals surface area contributed by atoms with Crippen molar-refractivity contribution in [2.45, 2.75) is 51.1 Å². The van der Waals surface area contributed by atoms with E-state index in [0.29, 0.717) is 18.4 Å². The Bertz CT molecular complexity index is 454. The Kier molecular flexibility index (Phi) is 4.74. The highest BCUT2D eigenvalue weighted by molar-refractivity contribution is 5.35. The molecule has 0 radical (unpaired) electrons. The summed E-state index contributed by atoms with van der Waals surface area (Å²) < 4.78 is 38.2. The molecule has 1 aliphatic rings. The quantitative estimate of drug-likeness (QED) is 0.787. The van der Waals surface area contributed by atoms with Gasteiger partial charge in [0, 0.05) is 0 Å². The minimum absolute atomic E-state index is 0.310. The van der Waals surface area contributed by atoms with Crippen molar-refractivity contribution in [1.29, 1.82) is 0 Å². The van der Waals surface area contributed by atoms with Crippen molar-refractivity contribution in [2.24, 2.45) is 11.7 Å². The molecule has 20 heavy (non-hydrogen) atoms. The third-order valence-corrected chi connectivity index (χ3v) is 4.46. The first-order valence-electron chi connectivity index (χ1n) is 7.31. The molecule has 0 aromatic heterocycles. The van der Waals surface area contributed by atoms with Gasteiger partial charge in [0.1, 0.15) is 0 Å². The molecule has 2 atom stereocenters. The highest BCUT2D eigenvalue weighted by atomic mass is 19.4. The summed E-state index contributed by atoms with van der Waals surface area (Å²) in [4.78, 5) is 0. The van der Waals surface area contributed by atoms with Gasteiger partial charge in [-0.1, -0.05) is 25.3 Å². The van der Waals surface area contributed by atoms with E-state index in [9.17, 15) is 13.2 Å². The average molecular weight is 285 g/mol. The van der Waals surface area contributed by atoms with Crippen LogP contribution in [0.25, 0.3) is 0 Å². The van der Waals surface area contributed by atoms with Crippen LogP contribution < -0.4 is 5.73 Å². The Hall–Kier alpha value is -1.03. The Morgan fingerprint density at radius 3 is 2.45 bits per heavy atom. The molecule has 0 heterocycles. The largest absolute Gasteiger partial charge is 0.416 e. The zero-order chi connectivity index (χ0) is 14.8. The number of nitrogens with two attached hydrogens (primary N) is 1. The molecular weight excluding hydrogens is 263 g/mol. The van der Waals surface area contributed by atoms with Gasteiger partial charge < -0.3 is 5.73 Å². The smallest absolute Gasteiger partial charge is 0.330 e. The monoisotopic (exact) mass is 285 g/mol. The van der Waals surface area contributed by atoms with Gasteiger partial charge in [-0.25, -0.2) is 0 Å². The van der Waals surface area contributed by atoms with E-state index in [4.69, 9.17) is 5.73 Å². The molecule has 0 saturated heterocycles. The molecule has 2 unspecified atom stereocenters. The first-order valence-corrected chi connectivity index (χ1v) is 7.31. The highest BCUT2D eigenvalue weighted by Gasteiger charge is 2.32. The van der Waals surface area contributed by atoms with E-state index < -0.39 is 11.7 Å².